The number of carboxylic acids is 1. The molecule has 0 aliphatic rings. The molecular weight excluding hydrogens is 278 g/mol. The van der Waals surface area contributed by atoms with Crippen molar-refractivity contribution in [2.24, 2.45) is 0 Å². The third kappa shape index (κ3) is 4.44. The summed E-state index contributed by atoms with van der Waals surface area (Å²) in [5.74, 6) is -1.12. The Morgan fingerprint density at radius 1 is 1.43 bits per heavy atom. The van der Waals surface area contributed by atoms with Crippen LogP contribution in [0.4, 0.5) is 16.2 Å². The summed E-state index contributed by atoms with van der Waals surface area (Å²) in [6, 6.07) is 2.59. The number of benzene rings is 1. The van der Waals surface area contributed by atoms with Crippen LogP contribution in [0.1, 0.15) is 25.3 Å². The van der Waals surface area contributed by atoms with Crippen molar-refractivity contribution >= 4 is 23.4 Å². The highest BCUT2D eigenvalue weighted by Gasteiger charge is 2.20. The fraction of sp³-hybridized carbons (Fsp3) is 0.385. The highest BCUT2D eigenvalue weighted by Crippen LogP contribution is 2.24. The lowest BCUT2D eigenvalue weighted by Gasteiger charge is -2.15. The van der Waals surface area contributed by atoms with Gasteiger partial charge in [0.05, 0.1) is 16.2 Å². The van der Waals surface area contributed by atoms with Crippen LogP contribution in [-0.2, 0) is 4.79 Å². The number of nitrogens with zero attached hydrogens (tertiary/aromatic N) is 1. The lowest BCUT2D eigenvalue weighted by molar-refractivity contribution is -0.385. The summed E-state index contributed by atoms with van der Waals surface area (Å²) < 4.78 is 0. The van der Waals surface area contributed by atoms with Gasteiger partial charge in [-0.1, -0.05) is 19.4 Å². The van der Waals surface area contributed by atoms with E-state index in [-0.39, 0.29) is 11.4 Å². The number of nitrogens with one attached hydrogen (secondary N) is 2. The van der Waals surface area contributed by atoms with Crippen molar-refractivity contribution in [1.29, 1.82) is 0 Å². The Morgan fingerprint density at radius 3 is 2.62 bits per heavy atom. The summed E-state index contributed by atoms with van der Waals surface area (Å²) in [5.41, 5.74) is 0.457. The van der Waals surface area contributed by atoms with Crippen molar-refractivity contribution in [3.63, 3.8) is 0 Å². The van der Waals surface area contributed by atoms with E-state index in [0.29, 0.717) is 18.4 Å². The van der Waals surface area contributed by atoms with Gasteiger partial charge in [-0.05, 0) is 19.4 Å². The molecule has 0 aromatic heterocycles. The van der Waals surface area contributed by atoms with Crippen LogP contribution in [-0.4, -0.2) is 28.1 Å². The van der Waals surface area contributed by atoms with Gasteiger partial charge in [0.25, 0.3) is 5.69 Å². The molecule has 3 N–H and O–H groups in total. The van der Waals surface area contributed by atoms with Crippen LogP contribution in [0.2, 0.25) is 0 Å². The van der Waals surface area contributed by atoms with E-state index in [9.17, 15) is 19.7 Å². The zero-order chi connectivity index (χ0) is 16.0. The number of carbonyl (C=O) groups excluding carboxylic acids is 1. The lowest BCUT2D eigenvalue weighted by atomic mass is 10.1. The van der Waals surface area contributed by atoms with Crippen molar-refractivity contribution < 1.29 is 19.6 Å². The zero-order valence-electron chi connectivity index (χ0n) is 11.8. The first-order chi connectivity index (χ1) is 9.86. The number of aliphatic carboxylic acids is 1. The van der Waals surface area contributed by atoms with E-state index in [2.05, 4.69) is 10.6 Å². The summed E-state index contributed by atoms with van der Waals surface area (Å²) in [6.45, 7) is 3.31. The molecule has 8 nitrogen and oxygen atoms in total. The predicted octanol–water partition coefficient (Wildman–Crippen LogP) is 2.28. The molecule has 1 aromatic rings. The van der Waals surface area contributed by atoms with E-state index in [4.69, 9.17) is 5.11 Å². The van der Waals surface area contributed by atoms with Gasteiger partial charge < -0.3 is 15.7 Å². The smallest absolute Gasteiger partial charge is 0.326 e. The molecule has 0 radical (unpaired) electrons. The molecule has 0 spiro atoms. The van der Waals surface area contributed by atoms with Crippen LogP contribution >= 0.6 is 0 Å². The lowest BCUT2D eigenvalue weighted by Crippen LogP contribution is -2.43. The van der Waals surface area contributed by atoms with E-state index in [1.807, 2.05) is 0 Å². The van der Waals surface area contributed by atoms with E-state index in [0.717, 1.165) is 0 Å². The Kier molecular flexibility index (Phi) is 5.65. The van der Waals surface area contributed by atoms with Crippen molar-refractivity contribution in [3.05, 3.63) is 33.9 Å². The average molecular weight is 295 g/mol. The van der Waals surface area contributed by atoms with Gasteiger partial charge in [0.1, 0.15) is 6.04 Å². The quantitative estimate of drug-likeness (QED) is 0.549. The minimum Gasteiger partial charge on any atom is -0.480 e. The van der Waals surface area contributed by atoms with Gasteiger partial charge in [-0.3, -0.25) is 10.1 Å². The molecule has 1 rings (SSSR count). The molecule has 0 bridgehead atoms. The molecule has 0 aliphatic carbocycles. The topological polar surface area (TPSA) is 122 Å². The van der Waals surface area contributed by atoms with Crippen LogP contribution in [0.15, 0.2) is 18.2 Å². The number of hydrogen-bond donors (Lipinski definition) is 3. The minimum atomic E-state index is -1.12. The minimum absolute atomic E-state index is 0.115. The third-order valence-electron chi connectivity index (χ3n) is 2.93. The van der Waals surface area contributed by atoms with Crippen LogP contribution in [0.25, 0.3) is 0 Å². The number of carbonyl (C=O) groups is 2. The number of anilines is 1. The van der Waals surface area contributed by atoms with Crippen LogP contribution in [0.3, 0.4) is 0 Å². The van der Waals surface area contributed by atoms with E-state index < -0.39 is 23.0 Å². The summed E-state index contributed by atoms with van der Waals surface area (Å²) in [7, 11) is 0. The first kappa shape index (κ1) is 16.4. The van der Waals surface area contributed by atoms with Crippen molar-refractivity contribution in [3.8, 4) is 0 Å². The van der Waals surface area contributed by atoms with Gasteiger partial charge in [0, 0.05) is 6.07 Å². The van der Waals surface area contributed by atoms with Gasteiger partial charge >= 0.3 is 12.0 Å². The Bertz CT molecular complexity index is 559. The zero-order valence-corrected chi connectivity index (χ0v) is 11.8. The normalized spacial score (nSPS) is 11.5. The fourth-order valence-corrected chi connectivity index (χ4v) is 1.82. The molecule has 21 heavy (non-hydrogen) atoms. The molecule has 0 fully saturated rings. The predicted molar refractivity (Wildman–Crippen MR) is 76.3 cm³/mol. The first-order valence-corrected chi connectivity index (χ1v) is 6.41. The van der Waals surface area contributed by atoms with Crippen molar-refractivity contribution in [2.45, 2.75) is 32.7 Å². The molecule has 1 aromatic carbocycles. The van der Waals surface area contributed by atoms with Gasteiger partial charge in [-0.2, -0.15) is 0 Å². The summed E-state index contributed by atoms with van der Waals surface area (Å²) in [6.07, 6.45) is 0.907. The summed E-state index contributed by atoms with van der Waals surface area (Å²) in [4.78, 5) is 33.0. The van der Waals surface area contributed by atoms with Gasteiger partial charge in [-0.15, -0.1) is 0 Å². The molecule has 0 unspecified atom stereocenters. The molecule has 2 amide bonds. The van der Waals surface area contributed by atoms with E-state index in [1.165, 1.54) is 25.1 Å². The van der Waals surface area contributed by atoms with E-state index >= 15 is 0 Å². The van der Waals surface area contributed by atoms with Gasteiger partial charge in [-0.25, -0.2) is 9.59 Å². The number of hydrogen-bond acceptors (Lipinski definition) is 4. The Hall–Kier alpha value is -2.64. The van der Waals surface area contributed by atoms with E-state index in [1.54, 1.807) is 6.92 Å². The molecule has 0 saturated carbocycles. The second-order valence-corrected chi connectivity index (χ2v) is 4.48. The van der Waals surface area contributed by atoms with Crippen LogP contribution < -0.4 is 10.6 Å². The molecule has 0 heterocycles. The van der Waals surface area contributed by atoms with Gasteiger partial charge in [0.2, 0.25) is 0 Å². The number of nitro benzene ring substituents is 1. The van der Waals surface area contributed by atoms with Crippen molar-refractivity contribution in [2.75, 3.05) is 5.32 Å². The van der Waals surface area contributed by atoms with Crippen LogP contribution in [0.5, 0.6) is 0 Å². The number of carboxylic acid groups (broad SMARTS) is 1. The number of amides is 2. The highest BCUT2D eigenvalue weighted by atomic mass is 16.6. The molecular formula is C13H17N3O5. The second kappa shape index (κ2) is 7.22. The SMILES string of the molecule is CCC[C@@H](NC(=O)Nc1cccc([N+](=O)[O-])c1C)C(=O)O. The maximum Gasteiger partial charge on any atom is 0.326 e. The molecule has 0 aliphatic heterocycles. The number of urea groups is 1. The maximum absolute atomic E-state index is 11.8. The Labute approximate surface area is 121 Å². The average Bonchev–Trinajstić information content (AvgIpc) is 2.40. The highest BCUT2D eigenvalue weighted by molar-refractivity contribution is 5.93. The molecule has 1 atom stereocenters. The maximum atomic E-state index is 11.8. The number of rotatable bonds is 6. The standard InChI is InChI=1S/C13H17N3O5/c1-3-5-10(12(17)18)15-13(19)14-9-6-4-7-11(8(9)2)16(20)21/h4,6-7,10H,3,5H2,1-2H3,(H,17,18)(H2,14,15,19)/t10-/m1/s1. The third-order valence-corrected chi connectivity index (χ3v) is 2.93. The molecule has 8 heteroatoms. The number of nitro groups is 1. The van der Waals surface area contributed by atoms with Gasteiger partial charge in [0.15, 0.2) is 0 Å². The molecule has 0 saturated heterocycles. The Morgan fingerprint density at radius 2 is 2.10 bits per heavy atom. The first-order valence-electron chi connectivity index (χ1n) is 6.41. The molecule has 114 valence electrons. The second-order valence-electron chi connectivity index (χ2n) is 4.48. The van der Waals surface area contributed by atoms with Crippen LogP contribution in [0, 0.1) is 17.0 Å². The fourth-order valence-electron chi connectivity index (χ4n) is 1.82. The summed E-state index contributed by atoms with van der Waals surface area (Å²) in [5, 5.41) is 24.5. The monoisotopic (exact) mass is 295 g/mol. The Balaban J connectivity index is 2.82. The summed E-state index contributed by atoms with van der Waals surface area (Å²) >= 11 is 0. The van der Waals surface area contributed by atoms with Crippen molar-refractivity contribution in [1.82, 2.24) is 5.32 Å². The largest absolute Gasteiger partial charge is 0.480 e.